The lowest BCUT2D eigenvalue weighted by Crippen LogP contribution is -1.76. The van der Waals surface area contributed by atoms with Crippen LogP contribution in [0.15, 0.2) is 30.3 Å². The van der Waals surface area contributed by atoms with Gasteiger partial charge < -0.3 is 0 Å². The fourth-order valence-electron chi connectivity index (χ4n) is 1.20. The Morgan fingerprint density at radius 3 is 2.57 bits per heavy atom. The molecule has 1 aromatic carbocycles. The summed E-state index contributed by atoms with van der Waals surface area (Å²) in [7, 11) is 0. The third-order valence-electron chi connectivity index (χ3n) is 1.92. The monoisotopic (exact) mass is 200 g/mol. The molecule has 0 saturated heterocycles. The van der Waals surface area contributed by atoms with Gasteiger partial charge in [-0.1, -0.05) is 30.3 Å². The number of nitrogens with zero attached hydrogens (tertiary/aromatic N) is 2. The molecule has 0 aliphatic carbocycles. The number of rotatable bonds is 1. The van der Waals surface area contributed by atoms with Crippen molar-refractivity contribution >= 4 is 11.3 Å². The summed E-state index contributed by atoms with van der Waals surface area (Å²) >= 11 is 1.44. The van der Waals surface area contributed by atoms with E-state index in [0.29, 0.717) is 4.88 Å². The molecule has 0 aliphatic heterocycles. The van der Waals surface area contributed by atoms with Crippen molar-refractivity contribution in [2.75, 3.05) is 0 Å². The summed E-state index contributed by atoms with van der Waals surface area (Å²) in [4.78, 5) is 5.05. The van der Waals surface area contributed by atoms with Crippen LogP contribution in [0.2, 0.25) is 0 Å². The number of hydrogen-bond donors (Lipinski definition) is 0. The van der Waals surface area contributed by atoms with Gasteiger partial charge in [-0.25, -0.2) is 4.98 Å². The number of aromatic nitrogens is 1. The summed E-state index contributed by atoms with van der Waals surface area (Å²) in [6.45, 7) is 1.86. The molecular formula is C11H8N2S. The summed E-state index contributed by atoms with van der Waals surface area (Å²) in [5.74, 6) is 0. The Balaban J connectivity index is 2.50. The van der Waals surface area contributed by atoms with Crippen molar-refractivity contribution in [2.24, 2.45) is 0 Å². The molecule has 3 heteroatoms. The third-order valence-corrected chi connectivity index (χ3v) is 3.03. The van der Waals surface area contributed by atoms with Gasteiger partial charge in [-0.15, -0.1) is 11.3 Å². The van der Waals surface area contributed by atoms with Crippen molar-refractivity contribution in [2.45, 2.75) is 6.92 Å². The summed E-state index contributed by atoms with van der Waals surface area (Å²) in [6.07, 6.45) is 0. The second-order valence-corrected chi connectivity index (χ2v) is 3.91. The van der Waals surface area contributed by atoms with E-state index in [1.165, 1.54) is 11.3 Å². The van der Waals surface area contributed by atoms with Crippen molar-refractivity contribution in [1.29, 1.82) is 5.26 Å². The molecule has 0 bridgehead atoms. The van der Waals surface area contributed by atoms with E-state index < -0.39 is 0 Å². The number of benzene rings is 1. The van der Waals surface area contributed by atoms with E-state index in [4.69, 9.17) is 5.26 Å². The van der Waals surface area contributed by atoms with Crippen LogP contribution in [-0.2, 0) is 0 Å². The Morgan fingerprint density at radius 2 is 2.00 bits per heavy atom. The minimum Gasteiger partial charge on any atom is -0.240 e. The van der Waals surface area contributed by atoms with E-state index in [1.807, 2.05) is 37.3 Å². The predicted octanol–water partition coefficient (Wildman–Crippen LogP) is 2.99. The minimum atomic E-state index is 0.698. The van der Waals surface area contributed by atoms with Crippen LogP contribution in [-0.4, -0.2) is 4.98 Å². The molecule has 2 rings (SSSR count). The molecule has 0 unspecified atom stereocenters. The van der Waals surface area contributed by atoms with Crippen LogP contribution >= 0.6 is 11.3 Å². The second kappa shape index (κ2) is 3.60. The molecule has 0 amide bonds. The van der Waals surface area contributed by atoms with E-state index in [9.17, 15) is 0 Å². The summed E-state index contributed by atoms with van der Waals surface area (Å²) in [5, 5.41) is 9.72. The van der Waals surface area contributed by atoms with Gasteiger partial charge in [-0.05, 0) is 6.92 Å². The fraction of sp³-hybridized carbons (Fsp3) is 0.0909. The maximum atomic E-state index is 8.80. The molecule has 68 valence electrons. The van der Waals surface area contributed by atoms with E-state index in [1.54, 1.807) is 0 Å². The Bertz CT molecular complexity index is 480. The lowest BCUT2D eigenvalue weighted by molar-refractivity contribution is 1.25. The van der Waals surface area contributed by atoms with E-state index >= 15 is 0 Å². The van der Waals surface area contributed by atoms with Gasteiger partial charge in [0.1, 0.15) is 16.0 Å². The van der Waals surface area contributed by atoms with Gasteiger partial charge in [-0.3, -0.25) is 0 Å². The van der Waals surface area contributed by atoms with Crippen LogP contribution in [0.25, 0.3) is 10.6 Å². The summed E-state index contributed by atoms with van der Waals surface area (Å²) in [6, 6.07) is 12.0. The van der Waals surface area contributed by atoms with E-state index in [-0.39, 0.29) is 0 Å². The smallest absolute Gasteiger partial charge is 0.128 e. The number of thiazole rings is 1. The van der Waals surface area contributed by atoms with Crippen molar-refractivity contribution in [3.8, 4) is 16.6 Å². The van der Waals surface area contributed by atoms with Gasteiger partial charge in [0.2, 0.25) is 0 Å². The molecular weight excluding hydrogens is 192 g/mol. The molecule has 2 nitrogen and oxygen atoms in total. The lowest BCUT2D eigenvalue weighted by atomic mass is 10.2. The van der Waals surface area contributed by atoms with Crippen LogP contribution in [0.1, 0.15) is 10.6 Å². The van der Waals surface area contributed by atoms with Crippen LogP contribution in [0, 0.1) is 18.3 Å². The number of aryl methyl sites for hydroxylation is 1. The van der Waals surface area contributed by atoms with Crippen LogP contribution in [0.5, 0.6) is 0 Å². The Morgan fingerprint density at radius 1 is 1.29 bits per heavy atom. The number of nitriles is 1. The Kier molecular flexibility index (Phi) is 2.30. The van der Waals surface area contributed by atoms with Crippen LogP contribution in [0.4, 0.5) is 0 Å². The average molecular weight is 200 g/mol. The first-order chi connectivity index (χ1) is 6.81. The largest absolute Gasteiger partial charge is 0.240 e. The molecule has 0 N–H and O–H groups in total. The Labute approximate surface area is 86.5 Å². The zero-order valence-corrected chi connectivity index (χ0v) is 8.51. The van der Waals surface area contributed by atoms with Crippen molar-refractivity contribution in [3.05, 3.63) is 40.9 Å². The molecule has 1 heterocycles. The second-order valence-electron chi connectivity index (χ2n) is 2.91. The molecule has 0 radical (unpaired) electrons. The zero-order valence-electron chi connectivity index (χ0n) is 7.69. The van der Waals surface area contributed by atoms with Crippen LogP contribution < -0.4 is 0 Å². The highest BCUT2D eigenvalue weighted by molar-refractivity contribution is 7.15. The molecule has 0 fully saturated rings. The highest BCUT2D eigenvalue weighted by Crippen LogP contribution is 2.26. The van der Waals surface area contributed by atoms with E-state index in [0.717, 1.165) is 16.3 Å². The SMILES string of the molecule is Cc1nc(-c2ccccc2)sc1C#N. The fourth-order valence-corrected chi connectivity index (χ4v) is 2.07. The average Bonchev–Trinajstić information content (AvgIpc) is 2.61. The third kappa shape index (κ3) is 1.52. The van der Waals surface area contributed by atoms with E-state index in [2.05, 4.69) is 11.1 Å². The van der Waals surface area contributed by atoms with Crippen molar-refractivity contribution < 1.29 is 0 Å². The quantitative estimate of drug-likeness (QED) is 0.709. The molecule has 1 aromatic heterocycles. The van der Waals surface area contributed by atoms with Gasteiger partial charge in [0.05, 0.1) is 5.69 Å². The molecule has 14 heavy (non-hydrogen) atoms. The molecule has 0 aliphatic rings. The lowest BCUT2D eigenvalue weighted by Gasteiger charge is -1.92. The molecule has 0 saturated carbocycles. The summed E-state index contributed by atoms with van der Waals surface area (Å²) < 4.78 is 0. The van der Waals surface area contributed by atoms with Crippen molar-refractivity contribution in [1.82, 2.24) is 4.98 Å². The van der Waals surface area contributed by atoms with Crippen LogP contribution in [0.3, 0.4) is 0 Å². The highest BCUT2D eigenvalue weighted by Gasteiger charge is 2.07. The topological polar surface area (TPSA) is 36.7 Å². The van der Waals surface area contributed by atoms with Gasteiger partial charge >= 0.3 is 0 Å². The molecule has 0 spiro atoms. The predicted molar refractivity (Wildman–Crippen MR) is 57.0 cm³/mol. The van der Waals surface area contributed by atoms with Gasteiger partial charge in [0.15, 0.2) is 0 Å². The zero-order chi connectivity index (χ0) is 9.97. The maximum Gasteiger partial charge on any atom is 0.128 e. The van der Waals surface area contributed by atoms with Gasteiger partial charge in [0.25, 0.3) is 0 Å². The first-order valence-electron chi connectivity index (χ1n) is 4.24. The maximum absolute atomic E-state index is 8.80. The standard InChI is InChI=1S/C11H8N2S/c1-8-10(7-12)14-11(13-8)9-5-3-2-4-6-9/h2-6H,1H3. The Hall–Kier alpha value is -1.66. The molecule has 0 atom stereocenters. The first kappa shape index (κ1) is 8.92. The first-order valence-corrected chi connectivity index (χ1v) is 5.06. The normalized spacial score (nSPS) is 9.71. The molecule has 2 aromatic rings. The minimum absolute atomic E-state index is 0.698. The van der Waals surface area contributed by atoms with Gasteiger partial charge in [0, 0.05) is 5.56 Å². The highest BCUT2D eigenvalue weighted by atomic mass is 32.1. The summed E-state index contributed by atoms with van der Waals surface area (Å²) in [5.41, 5.74) is 1.89. The van der Waals surface area contributed by atoms with Gasteiger partial charge in [-0.2, -0.15) is 5.26 Å². The van der Waals surface area contributed by atoms with Crippen molar-refractivity contribution in [3.63, 3.8) is 0 Å². The number of hydrogen-bond acceptors (Lipinski definition) is 3.